The van der Waals surface area contributed by atoms with Crippen LogP contribution in [0, 0.1) is 39.2 Å². The van der Waals surface area contributed by atoms with Crippen molar-refractivity contribution in [3.05, 3.63) is 106 Å². The van der Waals surface area contributed by atoms with E-state index in [-0.39, 0.29) is 49.2 Å². The molecule has 11 heteroatoms. The summed E-state index contributed by atoms with van der Waals surface area (Å²) in [6.07, 6.45) is 2.34. The molecule has 4 amide bonds. The van der Waals surface area contributed by atoms with Crippen molar-refractivity contribution in [1.82, 2.24) is 0 Å². The monoisotopic (exact) mass is 621 g/mol. The van der Waals surface area contributed by atoms with Gasteiger partial charge < -0.3 is 9.84 Å². The van der Waals surface area contributed by atoms with Gasteiger partial charge in [-0.3, -0.25) is 29.3 Å². The van der Waals surface area contributed by atoms with Crippen LogP contribution >= 0.6 is 0 Å². The minimum absolute atomic E-state index is 0.0191. The fourth-order valence-corrected chi connectivity index (χ4v) is 8.19. The number of fused-ring (bicyclic) bond motifs is 4. The van der Waals surface area contributed by atoms with Crippen molar-refractivity contribution < 1.29 is 33.9 Å². The summed E-state index contributed by atoms with van der Waals surface area (Å²) < 4.78 is 5.95. The Bertz CT molecular complexity index is 1820. The van der Waals surface area contributed by atoms with E-state index in [1.54, 1.807) is 49.4 Å². The van der Waals surface area contributed by atoms with Gasteiger partial charge >= 0.3 is 0 Å². The molecular formula is C35H31N3O8. The Morgan fingerprint density at radius 2 is 1.61 bits per heavy atom. The number of hydrogen-bond donors (Lipinski definition) is 1. The Morgan fingerprint density at radius 1 is 0.891 bits per heavy atom. The second-order valence-corrected chi connectivity index (χ2v) is 12.4. The number of amides is 4. The van der Waals surface area contributed by atoms with Crippen LogP contribution in [-0.4, -0.2) is 46.9 Å². The highest BCUT2D eigenvalue weighted by molar-refractivity contribution is 6.25. The molecule has 0 radical (unpaired) electrons. The minimum Gasteiger partial charge on any atom is -0.491 e. The molecule has 7 rings (SSSR count). The van der Waals surface area contributed by atoms with Crippen LogP contribution in [-0.2, 0) is 19.2 Å². The number of allylic oxidation sites excluding steroid dienone is 2. The number of nitro groups is 1. The zero-order valence-corrected chi connectivity index (χ0v) is 24.9. The second-order valence-electron chi connectivity index (χ2n) is 12.4. The molecule has 3 fully saturated rings. The van der Waals surface area contributed by atoms with Gasteiger partial charge in [0, 0.05) is 23.6 Å². The molecule has 0 bridgehead atoms. The van der Waals surface area contributed by atoms with Crippen LogP contribution in [0.4, 0.5) is 17.1 Å². The van der Waals surface area contributed by atoms with Crippen molar-refractivity contribution >= 4 is 40.7 Å². The first kappa shape index (κ1) is 29.5. The smallest absolute Gasteiger partial charge is 0.271 e. The van der Waals surface area contributed by atoms with Gasteiger partial charge in [0.05, 0.1) is 46.1 Å². The molecule has 0 aromatic heterocycles. The SMILES string of the molecule is C[C@@]12C(=O)N(c3ccccc3)C(=O)[C@@H]1C[C@@H]1C(=CC[C@@H]3C(=O)N(c4cccc([N+](=O)[O-])c4)C(=O)[C@@H]31)[C@@H]2c1ccccc1OCCO. The van der Waals surface area contributed by atoms with Gasteiger partial charge in [-0.15, -0.1) is 0 Å². The molecule has 2 aliphatic carbocycles. The Kier molecular flexibility index (Phi) is 7.08. The molecule has 3 aromatic carbocycles. The Labute approximate surface area is 264 Å². The highest BCUT2D eigenvalue weighted by atomic mass is 16.6. The third kappa shape index (κ3) is 4.22. The van der Waals surface area contributed by atoms with Gasteiger partial charge in [0.2, 0.25) is 23.6 Å². The fourth-order valence-electron chi connectivity index (χ4n) is 8.19. The molecule has 1 N–H and O–H groups in total. The standard InChI is InChI=1S/C35H31N3O8/c1-35-27(32(41)37(34(35)43)20-8-3-2-4-9-20)19-26-23(30(35)24-12-5-6-13-28(24)46-17-16-39)14-15-25-29(26)33(42)36(31(25)40)21-10-7-11-22(18-21)38(44)45/h2-14,18,25-27,29-30,39H,15-17,19H2,1H3/t25-,26+,27-,29-,30+,35+/m0/s1. The average Bonchev–Trinajstić information content (AvgIpc) is 3.43. The molecular weight excluding hydrogens is 590 g/mol. The topological polar surface area (TPSA) is 147 Å². The third-order valence-electron chi connectivity index (χ3n) is 10.2. The van der Waals surface area contributed by atoms with Gasteiger partial charge in [-0.2, -0.15) is 0 Å². The van der Waals surface area contributed by atoms with Crippen molar-refractivity contribution in [2.24, 2.45) is 29.1 Å². The highest BCUT2D eigenvalue weighted by Gasteiger charge is 2.68. The lowest BCUT2D eigenvalue weighted by molar-refractivity contribution is -0.384. The van der Waals surface area contributed by atoms with Gasteiger partial charge in [0.1, 0.15) is 12.4 Å². The Hall–Kier alpha value is -5.16. The van der Waals surface area contributed by atoms with Crippen LogP contribution < -0.4 is 14.5 Å². The lowest BCUT2D eigenvalue weighted by atomic mass is 9.51. The van der Waals surface area contributed by atoms with Crippen molar-refractivity contribution in [2.45, 2.75) is 25.7 Å². The number of nitrogens with zero attached hydrogens (tertiary/aromatic N) is 3. The molecule has 3 aromatic rings. The maximum atomic E-state index is 14.5. The zero-order chi connectivity index (χ0) is 32.3. The molecule has 2 saturated heterocycles. The summed E-state index contributed by atoms with van der Waals surface area (Å²) in [6.45, 7) is 1.59. The van der Waals surface area contributed by atoms with Crippen LogP contribution in [0.1, 0.15) is 31.2 Å². The van der Waals surface area contributed by atoms with Crippen LogP contribution in [0.15, 0.2) is 90.5 Å². The number of ether oxygens (including phenoxy) is 1. The fraction of sp³-hybridized carbons (Fsp3) is 0.314. The van der Waals surface area contributed by atoms with Crippen LogP contribution in [0.2, 0.25) is 0 Å². The third-order valence-corrected chi connectivity index (χ3v) is 10.2. The minimum atomic E-state index is -1.24. The van der Waals surface area contributed by atoms with E-state index in [2.05, 4.69) is 0 Å². The van der Waals surface area contributed by atoms with Crippen LogP contribution in [0.25, 0.3) is 0 Å². The Morgan fingerprint density at radius 3 is 2.35 bits per heavy atom. The predicted octanol–water partition coefficient (Wildman–Crippen LogP) is 4.40. The first-order valence-electron chi connectivity index (χ1n) is 15.3. The maximum Gasteiger partial charge on any atom is 0.271 e. The average molecular weight is 622 g/mol. The molecule has 46 heavy (non-hydrogen) atoms. The number of para-hydroxylation sites is 2. The van der Waals surface area contributed by atoms with E-state index in [1.165, 1.54) is 29.2 Å². The molecule has 2 heterocycles. The van der Waals surface area contributed by atoms with E-state index in [9.17, 15) is 34.4 Å². The van der Waals surface area contributed by atoms with Crippen LogP contribution in [0.5, 0.6) is 5.75 Å². The quantitative estimate of drug-likeness (QED) is 0.177. The van der Waals surface area contributed by atoms with Gasteiger partial charge in [0.25, 0.3) is 5.69 Å². The summed E-state index contributed by atoms with van der Waals surface area (Å²) >= 11 is 0. The molecule has 2 aliphatic heterocycles. The maximum absolute atomic E-state index is 14.5. The number of carbonyl (C=O) groups is 4. The summed E-state index contributed by atoms with van der Waals surface area (Å²) in [7, 11) is 0. The van der Waals surface area contributed by atoms with E-state index in [4.69, 9.17) is 4.74 Å². The van der Waals surface area contributed by atoms with Crippen molar-refractivity contribution in [1.29, 1.82) is 0 Å². The first-order valence-corrected chi connectivity index (χ1v) is 15.3. The largest absolute Gasteiger partial charge is 0.491 e. The van der Waals surface area contributed by atoms with Gasteiger partial charge in [-0.25, -0.2) is 9.80 Å². The van der Waals surface area contributed by atoms with E-state index in [0.717, 1.165) is 10.5 Å². The van der Waals surface area contributed by atoms with E-state index in [1.807, 2.05) is 18.2 Å². The van der Waals surface area contributed by atoms with Gasteiger partial charge in [-0.1, -0.05) is 54.1 Å². The summed E-state index contributed by atoms with van der Waals surface area (Å²) in [5.41, 5.74) is 0.541. The number of imide groups is 2. The van der Waals surface area contributed by atoms with Crippen LogP contribution in [0.3, 0.4) is 0 Å². The van der Waals surface area contributed by atoms with Gasteiger partial charge in [-0.05, 0) is 49.9 Å². The molecule has 6 atom stereocenters. The normalized spacial score (nSPS) is 28.5. The molecule has 234 valence electrons. The number of nitro benzene ring substituents is 1. The van der Waals surface area contributed by atoms with E-state index < -0.39 is 51.7 Å². The first-order chi connectivity index (χ1) is 22.2. The number of non-ortho nitro benzene ring substituents is 1. The van der Waals surface area contributed by atoms with E-state index in [0.29, 0.717) is 17.0 Å². The Balaban J connectivity index is 1.36. The van der Waals surface area contributed by atoms with E-state index >= 15 is 0 Å². The van der Waals surface area contributed by atoms with Crippen molar-refractivity contribution in [2.75, 3.05) is 23.0 Å². The number of benzene rings is 3. The number of anilines is 2. The molecule has 1 saturated carbocycles. The summed E-state index contributed by atoms with van der Waals surface area (Å²) in [5.74, 6) is -4.77. The highest BCUT2D eigenvalue weighted by Crippen LogP contribution is 2.64. The number of aliphatic hydroxyl groups is 1. The number of carbonyl (C=O) groups excluding carboxylic acids is 4. The van der Waals surface area contributed by atoms with Crippen molar-refractivity contribution in [3.63, 3.8) is 0 Å². The number of rotatable bonds is 7. The summed E-state index contributed by atoms with van der Waals surface area (Å²) in [6, 6.07) is 21.4. The van der Waals surface area contributed by atoms with Gasteiger partial charge in [0.15, 0.2) is 0 Å². The van der Waals surface area contributed by atoms with Crippen molar-refractivity contribution in [3.8, 4) is 5.75 Å². The molecule has 11 nitrogen and oxygen atoms in total. The number of aliphatic hydroxyl groups excluding tert-OH is 1. The molecule has 0 spiro atoms. The lowest BCUT2D eigenvalue weighted by Crippen LogP contribution is -2.49. The lowest BCUT2D eigenvalue weighted by Gasteiger charge is -2.49. The number of hydrogen-bond acceptors (Lipinski definition) is 8. The molecule has 0 unspecified atom stereocenters. The second kappa shape index (κ2) is 11.0. The molecule has 4 aliphatic rings. The summed E-state index contributed by atoms with van der Waals surface area (Å²) in [4.78, 5) is 70.0. The predicted molar refractivity (Wildman–Crippen MR) is 166 cm³/mol. The summed E-state index contributed by atoms with van der Waals surface area (Å²) in [5, 5.41) is 21.0. The zero-order valence-electron chi connectivity index (χ0n) is 24.9.